The summed E-state index contributed by atoms with van der Waals surface area (Å²) in [5, 5.41) is 20.3. The Bertz CT molecular complexity index is 1650. The van der Waals surface area contributed by atoms with Gasteiger partial charge >= 0.3 is 17.9 Å². The minimum absolute atomic E-state index is 0.126. The number of benzene rings is 2. The van der Waals surface area contributed by atoms with E-state index in [1.54, 1.807) is 32.3 Å². The van der Waals surface area contributed by atoms with Crippen LogP contribution in [0.2, 0.25) is 5.04 Å². The lowest BCUT2D eigenvalue weighted by molar-refractivity contribution is -0.144. The van der Waals surface area contributed by atoms with Crippen molar-refractivity contribution in [3.63, 3.8) is 0 Å². The van der Waals surface area contributed by atoms with Gasteiger partial charge in [0.25, 0.3) is 8.32 Å². The highest BCUT2D eigenvalue weighted by molar-refractivity contribution is 6.99. The Balaban J connectivity index is 1.92. The molecule has 8 nitrogen and oxygen atoms in total. The Morgan fingerprint density at radius 2 is 1.41 bits per heavy atom. The maximum absolute atomic E-state index is 12.9. The van der Waals surface area contributed by atoms with Gasteiger partial charge in [-0.15, -0.1) is 0 Å². The number of ether oxygens (including phenoxy) is 2. The van der Waals surface area contributed by atoms with E-state index in [9.17, 15) is 19.5 Å². The number of esters is 1. The second kappa shape index (κ2) is 23.8. The van der Waals surface area contributed by atoms with Crippen molar-refractivity contribution in [2.24, 2.45) is 5.92 Å². The van der Waals surface area contributed by atoms with E-state index in [0.717, 1.165) is 35.2 Å². The average molecular weight is 755 g/mol. The van der Waals surface area contributed by atoms with Crippen LogP contribution >= 0.6 is 0 Å². The Hall–Kier alpha value is -4.83. The lowest BCUT2D eigenvalue weighted by Crippen LogP contribution is -2.66. The van der Waals surface area contributed by atoms with Gasteiger partial charge in [-0.3, -0.25) is 4.79 Å². The Morgan fingerprint density at radius 3 is 1.96 bits per heavy atom. The van der Waals surface area contributed by atoms with E-state index in [2.05, 4.69) is 63.3 Å². The van der Waals surface area contributed by atoms with Crippen LogP contribution in [-0.4, -0.2) is 56.4 Å². The minimum Gasteiger partial charge on any atom is -0.481 e. The fourth-order valence-corrected chi connectivity index (χ4v) is 10.2. The molecule has 0 spiro atoms. The number of methoxy groups -OCH3 is 1. The number of hydrogen-bond acceptors (Lipinski definition) is 6. The second-order valence-electron chi connectivity index (χ2n) is 14.2. The maximum atomic E-state index is 12.9. The summed E-state index contributed by atoms with van der Waals surface area (Å²) in [4.78, 5) is 35.5. The summed E-state index contributed by atoms with van der Waals surface area (Å²) in [6.45, 7) is 11.7. The lowest BCUT2D eigenvalue weighted by atomic mass is 10.0. The van der Waals surface area contributed by atoms with Crippen molar-refractivity contribution in [3.05, 3.63) is 144 Å². The first-order valence-corrected chi connectivity index (χ1v) is 20.2. The third-order valence-electron chi connectivity index (χ3n) is 8.82. The van der Waals surface area contributed by atoms with Crippen LogP contribution < -0.4 is 10.4 Å². The molecule has 0 amide bonds. The van der Waals surface area contributed by atoms with Crippen LogP contribution in [0.15, 0.2) is 144 Å². The van der Waals surface area contributed by atoms with E-state index in [-0.39, 0.29) is 35.8 Å². The fraction of sp³-hybridized carbons (Fsp3) is 0.356. The first kappa shape index (κ1) is 45.3. The highest BCUT2D eigenvalue weighted by Gasteiger charge is 2.50. The molecule has 0 fully saturated rings. The van der Waals surface area contributed by atoms with Crippen molar-refractivity contribution in [3.8, 4) is 0 Å². The normalized spacial score (nSPS) is 14.7. The van der Waals surface area contributed by atoms with Crippen molar-refractivity contribution < 1.29 is 38.5 Å². The topological polar surface area (TPSA) is 119 Å². The van der Waals surface area contributed by atoms with Crippen molar-refractivity contribution >= 4 is 36.6 Å². The summed E-state index contributed by atoms with van der Waals surface area (Å²) in [6.07, 6.45) is 23.3. The molecule has 0 heterocycles. The summed E-state index contributed by atoms with van der Waals surface area (Å²) in [5.74, 6) is -2.51. The van der Waals surface area contributed by atoms with Crippen LogP contribution in [0.4, 0.5) is 0 Å². The van der Waals surface area contributed by atoms with Crippen molar-refractivity contribution in [2.75, 3.05) is 13.9 Å². The number of allylic oxidation sites excluding steroid dienone is 9. The quantitative estimate of drug-likeness (QED) is 0.0233. The largest absolute Gasteiger partial charge is 0.481 e. The molecule has 2 atom stereocenters. The molecule has 0 unspecified atom stereocenters. The molecule has 0 saturated heterocycles. The molecule has 0 bridgehead atoms. The number of carbonyl (C=O) groups excluding carboxylic acids is 1. The molecule has 2 rings (SSSR count). The number of carboxylic acids is 2. The SMILES string of the molecule is CO[C@H](C/C=C\C=C\CC/C=C/C[C@H](C)/C=C/C(=C\C(=O)OCO[Si](c1ccccc1)(c1ccccc1)C(C)(C)C)CC(=O)O)/C(C)=C\C=C(/C)C(=O)O. The van der Waals surface area contributed by atoms with E-state index < -0.39 is 26.2 Å². The standard InChI is InChI=1S/C45H58O8Si/c1-35(22-16-12-10-8-9-11-13-21-27-41(51-7)36(2)29-30-37(3)44(49)50)28-31-38(32-42(46)47)33-43(48)52-34-53-54(45(4,5)6,39-23-17-14-18-24-39)40-25-19-15-20-26-40/h9,11-21,23-26,28-31,33,35,41H,8,10,22,27,32,34H2,1-7H3,(H,46,47)(H,49,50)/b11-9+,16-12+,21-13-,31-28+,36-29-,37-30+,38-33+/t35-,41+/m0/s1. The van der Waals surface area contributed by atoms with Crippen molar-refractivity contribution in [1.82, 2.24) is 0 Å². The summed E-state index contributed by atoms with van der Waals surface area (Å²) in [6, 6.07) is 20.1. The molecule has 2 aromatic rings. The Morgan fingerprint density at radius 1 is 0.815 bits per heavy atom. The van der Waals surface area contributed by atoms with Gasteiger partial charge in [0.05, 0.1) is 12.5 Å². The van der Waals surface area contributed by atoms with Gasteiger partial charge < -0.3 is 24.1 Å². The molecule has 290 valence electrons. The van der Waals surface area contributed by atoms with E-state index >= 15 is 0 Å². The van der Waals surface area contributed by atoms with Gasteiger partial charge in [0, 0.05) is 18.8 Å². The van der Waals surface area contributed by atoms with Gasteiger partial charge in [-0.25, -0.2) is 9.59 Å². The number of carbonyl (C=O) groups is 3. The molecule has 0 aliphatic carbocycles. The smallest absolute Gasteiger partial charge is 0.333 e. The number of aliphatic carboxylic acids is 2. The van der Waals surface area contributed by atoms with E-state index in [0.29, 0.717) is 12.0 Å². The number of rotatable bonds is 22. The zero-order chi connectivity index (χ0) is 40.0. The number of carboxylic acid groups (broad SMARTS) is 2. The molecular formula is C45H58O8Si. The average Bonchev–Trinajstić information content (AvgIpc) is 3.13. The molecule has 0 aliphatic rings. The molecule has 9 heteroatoms. The van der Waals surface area contributed by atoms with Gasteiger partial charge in [-0.2, -0.15) is 0 Å². The lowest BCUT2D eigenvalue weighted by Gasteiger charge is -2.42. The molecule has 0 saturated carbocycles. The summed E-state index contributed by atoms with van der Waals surface area (Å²) < 4.78 is 17.7. The molecule has 54 heavy (non-hydrogen) atoms. The van der Waals surface area contributed by atoms with Crippen LogP contribution in [0.3, 0.4) is 0 Å². The van der Waals surface area contributed by atoms with Crippen LogP contribution in [0, 0.1) is 5.92 Å². The van der Waals surface area contributed by atoms with Crippen LogP contribution in [-0.2, 0) is 28.3 Å². The van der Waals surface area contributed by atoms with Crippen molar-refractivity contribution in [1.29, 1.82) is 0 Å². The highest BCUT2D eigenvalue weighted by atomic mass is 28.4. The summed E-state index contributed by atoms with van der Waals surface area (Å²) in [5.41, 5.74) is 1.57. The summed E-state index contributed by atoms with van der Waals surface area (Å²) >= 11 is 0. The minimum atomic E-state index is -2.90. The molecule has 0 aromatic heterocycles. The van der Waals surface area contributed by atoms with E-state index in [1.807, 2.05) is 74.5 Å². The monoisotopic (exact) mass is 754 g/mol. The number of hydrogen-bond donors (Lipinski definition) is 2. The van der Waals surface area contributed by atoms with Crippen LogP contribution in [0.25, 0.3) is 0 Å². The van der Waals surface area contributed by atoms with Crippen molar-refractivity contribution in [2.45, 2.75) is 84.8 Å². The Kier molecular flexibility index (Phi) is 19.9. The molecule has 0 aliphatic heterocycles. The summed E-state index contributed by atoms with van der Waals surface area (Å²) in [7, 11) is -1.26. The van der Waals surface area contributed by atoms with Crippen LogP contribution in [0.1, 0.15) is 73.6 Å². The maximum Gasteiger partial charge on any atom is 0.333 e. The Labute approximate surface area is 323 Å². The first-order chi connectivity index (χ1) is 25.7. The molecule has 2 N–H and O–H groups in total. The van der Waals surface area contributed by atoms with Gasteiger partial charge in [-0.1, -0.05) is 149 Å². The fourth-order valence-electron chi connectivity index (χ4n) is 5.81. The third kappa shape index (κ3) is 15.6. The number of unbranched alkanes of at least 4 members (excludes halogenated alkanes) is 1. The molecule has 0 radical (unpaired) electrons. The van der Waals surface area contributed by atoms with E-state index in [4.69, 9.17) is 19.0 Å². The highest BCUT2D eigenvalue weighted by Crippen LogP contribution is 2.36. The first-order valence-electron chi connectivity index (χ1n) is 18.3. The zero-order valence-electron chi connectivity index (χ0n) is 32.9. The van der Waals surface area contributed by atoms with Gasteiger partial charge in [-0.05, 0) is 72.0 Å². The molecular weight excluding hydrogens is 697 g/mol. The van der Waals surface area contributed by atoms with Crippen LogP contribution in [0.5, 0.6) is 0 Å². The third-order valence-corrected chi connectivity index (χ3v) is 13.8. The van der Waals surface area contributed by atoms with E-state index in [1.165, 1.54) is 6.08 Å². The molecule has 2 aromatic carbocycles. The predicted molar refractivity (Wildman–Crippen MR) is 220 cm³/mol. The zero-order valence-corrected chi connectivity index (χ0v) is 33.9. The predicted octanol–water partition coefficient (Wildman–Crippen LogP) is 8.88. The van der Waals surface area contributed by atoms with Gasteiger partial charge in [0.1, 0.15) is 0 Å². The second-order valence-corrected chi connectivity index (χ2v) is 18.5. The van der Waals surface area contributed by atoms with Gasteiger partial charge in [0.2, 0.25) is 0 Å². The van der Waals surface area contributed by atoms with Gasteiger partial charge in [0.15, 0.2) is 6.79 Å².